The third-order valence-corrected chi connectivity index (χ3v) is 1.49. The Labute approximate surface area is 62.8 Å². The zero-order chi connectivity index (χ0) is 5.86. The highest BCUT2D eigenvalue weighted by Gasteiger charge is 2.02. The average Bonchev–Trinajstić information content (AvgIpc) is 1.65. The van der Waals surface area contributed by atoms with Gasteiger partial charge in [-0.25, -0.2) is 0 Å². The van der Waals surface area contributed by atoms with E-state index in [4.69, 9.17) is 5.73 Å². The number of thiol groups is 1. The summed E-state index contributed by atoms with van der Waals surface area (Å²) in [7, 11) is 0. The highest BCUT2D eigenvalue weighted by Crippen LogP contribution is 1.98. The molecule has 0 radical (unpaired) electrons. The second-order valence-electron chi connectivity index (χ2n) is 2.09. The minimum Gasteiger partial charge on any atom is -0.327 e. The van der Waals surface area contributed by atoms with Gasteiger partial charge in [-0.15, -0.1) is 12.4 Å². The van der Waals surface area contributed by atoms with Gasteiger partial charge in [-0.05, 0) is 5.92 Å². The molecule has 0 unspecified atom stereocenters. The van der Waals surface area contributed by atoms with Crippen molar-refractivity contribution in [2.45, 2.75) is 19.9 Å². The first-order valence-electron chi connectivity index (χ1n) is 2.55. The number of hydrogen-bond donors (Lipinski definition) is 2. The molecular formula is C5H14ClNS. The summed E-state index contributed by atoms with van der Waals surface area (Å²) in [6, 6.07) is 0.267. The van der Waals surface area contributed by atoms with E-state index in [9.17, 15) is 0 Å². The van der Waals surface area contributed by atoms with Crippen molar-refractivity contribution in [3.05, 3.63) is 0 Å². The lowest BCUT2D eigenvalue weighted by Crippen LogP contribution is -2.27. The van der Waals surface area contributed by atoms with Crippen LogP contribution < -0.4 is 5.73 Å². The van der Waals surface area contributed by atoms with Gasteiger partial charge >= 0.3 is 0 Å². The van der Waals surface area contributed by atoms with Gasteiger partial charge in [0.25, 0.3) is 0 Å². The van der Waals surface area contributed by atoms with Gasteiger partial charge in [0.15, 0.2) is 0 Å². The van der Waals surface area contributed by atoms with Crippen LogP contribution in [0.4, 0.5) is 0 Å². The number of nitrogens with two attached hydrogens (primary N) is 1. The second kappa shape index (κ2) is 5.73. The number of rotatable bonds is 2. The van der Waals surface area contributed by atoms with E-state index < -0.39 is 0 Å². The first kappa shape index (κ1) is 11.4. The lowest BCUT2D eigenvalue weighted by atomic mass is 10.1. The molecule has 0 saturated carbocycles. The van der Waals surface area contributed by atoms with Gasteiger partial charge in [0.2, 0.25) is 0 Å². The van der Waals surface area contributed by atoms with E-state index >= 15 is 0 Å². The van der Waals surface area contributed by atoms with E-state index in [-0.39, 0.29) is 18.4 Å². The summed E-state index contributed by atoms with van der Waals surface area (Å²) in [6.07, 6.45) is 0. The van der Waals surface area contributed by atoms with E-state index in [1.807, 2.05) is 0 Å². The van der Waals surface area contributed by atoms with Crippen molar-refractivity contribution < 1.29 is 0 Å². The van der Waals surface area contributed by atoms with Gasteiger partial charge in [0.05, 0.1) is 0 Å². The summed E-state index contributed by atoms with van der Waals surface area (Å²) in [6.45, 7) is 4.20. The molecule has 3 heteroatoms. The summed E-state index contributed by atoms with van der Waals surface area (Å²) < 4.78 is 0. The molecule has 0 bridgehead atoms. The van der Waals surface area contributed by atoms with Crippen LogP contribution in [0.3, 0.4) is 0 Å². The maximum Gasteiger partial charge on any atom is 0.0151 e. The molecular weight excluding hydrogens is 142 g/mol. The van der Waals surface area contributed by atoms with Gasteiger partial charge in [-0.1, -0.05) is 13.8 Å². The minimum absolute atomic E-state index is 0. The Balaban J connectivity index is 0. The number of halogens is 1. The van der Waals surface area contributed by atoms with Crippen molar-refractivity contribution in [1.29, 1.82) is 0 Å². The molecule has 0 aromatic rings. The third kappa shape index (κ3) is 4.75. The fourth-order valence-electron chi connectivity index (χ4n) is 0.211. The Morgan fingerprint density at radius 3 is 1.88 bits per heavy atom. The van der Waals surface area contributed by atoms with Crippen LogP contribution in [0, 0.1) is 5.92 Å². The Morgan fingerprint density at radius 2 is 1.88 bits per heavy atom. The van der Waals surface area contributed by atoms with Gasteiger partial charge in [0, 0.05) is 11.8 Å². The van der Waals surface area contributed by atoms with Crippen LogP contribution in [-0.4, -0.2) is 11.8 Å². The SMILES string of the molecule is CC(C)[C@@H](N)CS.Cl. The van der Waals surface area contributed by atoms with Crippen molar-refractivity contribution in [2.75, 3.05) is 5.75 Å². The highest BCUT2D eigenvalue weighted by atomic mass is 35.5. The molecule has 0 amide bonds. The Kier molecular flexibility index (Phi) is 8.17. The number of hydrogen-bond acceptors (Lipinski definition) is 2. The highest BCUT2D eigenvalue weighted by molar-refractivity contribution is 7.80. The van der Waals surface area contributed by atoms with Gasteiger partial charge in [-0.2, -0.15) is 12.6 Å². The average molecular weight is 156 g/mol. The molecule has 0 rings (SSSR count). The van der Waals surface area contributed by atoms with Crippen molar-refractivity contribution in [3.8, 4) is 0 Å². The van der Waals surface area contributed by atoms with Crippen molar-refractivity contribution in [2.24, 2.45) is 11.7 Å². The fraction of sp³-hybridized carbons (Fsp3) is 1.00. The molecule has 0 saturated heterocycles. The maximum atomic E-state index is 5.54. The van der Waals surface area contributed by atoms with Crippen LogP contribution in [0.2, 0.25) is 0 Å². The van der Waals surface area contributed by atoms with Gasteiger partial charge < -0.3 is 5.73 Å². The lowest BCUT2D eigenvalue weighted by Gasteiger charge is -2.10. The smallest absolute Gasteiger partial charge is 0.0151 e. The minimum atomic E-state index is 0. The summed E-state index contributed by atoms with van der Waals surface area (Å²) >= 11 is 4.03. The summed E-state index contributed by atoms with van der Waals surface area (Å²) in [5.41, 5.74) is 5.54. The van der Waals surface area contributed by atoms with E-state index in [1.54, 1.807) is 0 Å². The molecule has 0 aromatic heterocycles. The largest absolute Gasteiger partial charge is 0.327 e. The molecule has 0 fully saturated rings. The predicted molar refractivity (Wildman–Crippen MR) is 43.9 cm³/mol. The van der Waals surface area contributed by atoms with Crippen molar-refractivity contribution in [1.82, 2.24) is 0 Å². The monoisotopic (exact) mass is 155 g/mol. The molecule has 0 aliphatic heterocycles. The predicted octanol–water partition coefficient (Wildman–Crippen LogP) is 1.32. The van der Waals surface area contributed by atoms with E-state index in [0.717, 1.165) is 5.75 Å². The van der Waals surface area contributed by atoms with E-state index in [2.05, 4.69) is 26.5 Å². The van der Waals surface area contributed by atoms with Crippen LogP contribution in [0.25, 0.3) is 0 Å². The third-order valence-electron chi connectivity index (χ3n) is 1.07. The molecule has 2 N–H and O–H groups in total. The molecule has 1 atom stereocenters. The second-order valence-corrected chi connectivity index (χ2v) is 2.46. The van der Waals surface area contributed by atoms with Gasteiger partial charge in [-0.3, -0.25) is 0 Å². The molecule has 0 aliphatic carbocycles. The zero-order valence-corrected chi connectivity index (χ0v) is 7.01. The van der Waals surface area contributed by atoms with Crippen LogP contribution in [0.1, 0.15) is 13.8 Å². The van der Waals surface area contributed by atoms with Crippen LogP contribution in [0.5, 0.6) is 0 Å². The van der Waals surface area contributed by atoms with E-state index in [1.165, 1.54) is 0 Å². The molecule has 8 heavy (non-hydrogen) atoms. The van der Waals surface area contributed by atoms with Gasteiger partial charge in [0.1, 0.15) is 0 Å². The molecule has 0 spiro atoms. The topological polar surface area (TPSA) is 26.0 Å². The molecule has 0 heterocycles. The van der Waals surface area contributed by atoms with Crippen LogP contribution in [-0.2, 0) is 0 Å². The summed E-state index contributed by atoms with van der Waals surface area (Å²) in [4.78, 5) is 0. The molecule has 0 aromatic carbocycles. The standard InChI is InChI=1S/C5H13NS.ClH/c1-4(2)5(6)3-7;/h4-5,7H,3,6H2,1-2H3;1H/t5-;/m0./s1. The lowest BCUT2D eigenvalue weighted by molar-refractivity contribution is 0.536. The Hall–Kier alpha value is 0.600. The van der Waals surface area contributed by atoms with Crippen LogP contribution >= 0.6 is 25.0 Å². The van der Waals surface area contributed by atoms with E-state index in [0.29, 0.717) is 5.92 Å². The molecule has 0 aliphatic rings. The Bertz CT molecular complexity index is 49.7. The quantitative estimate of drug-likeness (QED) is 0.579. The first-order chi connectivity index (χ1) is 3.18. The molecule has 1 nitrogen and oxygen atoms in total. The Morgan fingerprint density at radius 1 is 1.50 bits per heavy atom. The fourth-order valence-corrected chi connectivity index (χ4v) is 0.632. The first-order valence-corrected chi connectivity index (χ1v) is 3.18. The normalized spacial score (nSPS) is 13.1. The zero-order valence-electron chi connectivity index (χ0n) is 5.29. The van der Waals surface area contributed by atoms with Crippen molar-refractivity contribution in [3.63, 3.8) is 0 Å². The summed E-state index contributed by atoms with van der Waals surface area (Å²) in [5.74, 6) is 1.36. The van der Waals surface area contributed by atoms with Crippen LogP contribution in [0.15, 0.2) is 0 Å². The van der Waals surface area contributed by atoms with Crippen molar-refractivity contribution >= 4 is 25.0 Å². The maximum absolute atomic E-state index is 5.54. The summed E-state index contributed by atoms with van der Waals surface area (Å²) in [5, 5.41) is 0. The molecule has 52 valence electrons.